The lowest BCUT2D eigenvalue weighted by molar-refractivity contribution is 0.102. The van der Waals surface area contributed by atoms with E-state index in [2.05, 4.69) is 27.0 Å². The Morgan fingerprint density at radius 2 is 1.78 bits per heavy atom. The van der Waals surface area contributed by atoms with Crippen LogP contribution in [-0.4, -0.2) is 74.3 Å². The van der Waals surface area contributed by atoms with E-state index in [1.54, 1.807) is 44.2 Å². The molecule has 1 amide bonds. The number of nitrogens with one attached hydrogen (secondary N) is 1. The molecule has 0 atom stereocenters. The highest BCUT2D eigenvalue weighted by atomic mass is 35.5. The van der Waals surface area contributed by atoms with Gasteiger partial charge < -0.3 is 15.1 Å². The van der Waals surface area contributed by atoms with Crippen LogP contribution in [-0.2, 0) is 10.0 Å². The number of anilines is 2. The normalized spacial score (nSPS) is 15.2. The Morgan fingerprint density at radius 1 is 1.09 bits per heavy atom. The number of piperazine rings is 1. The zero-order chi connectivity index (χ0) is 23.3. The van der Waals surface area contributed by atoms with Crippen LogP contribution >= 0.6 is 11.6 Å². The van der Waals surface area contributed by atoms with Crippen LogP contribution in [0.1, 0.15) is 31.1 Å². The lowest BCUT2D eigenvalue weighted by Gasteiger charge is -2.36. The molecule has 174 valence electrons. The molecule has 0 spiro atoms. The highest BCUT2D eigenvalue weighted by Crippen LogP contribution is 2.31. The molecule has 0 unspecified atom stereocenters. The predicted molar refractivity (Wildman–Crippen MR) is 128 cm³/mol. The molecular weight excluding hydrogens is 450 g/mol. The van der Waals surface area contributed by atoms with Gasteiger partial charge in [0.15, 0.2) is 0 Å². The molecule has 2 heterocycles. The summed E-state index contributed by atoms with van der Waals surface area (Å²) in [5, 5.41) is 3.19. The Bertz CT molecular complexity index is 1030. The first-order valence-corrected chi connectivity index (χ1v) is 12.7. The predicted octanol–water partition coefficient (Wildman–Crippen LogP) is 3.16. The molecule has 8 nitrogen and oxygen atoms in total. The number of nitrogens with zero attached hydrogens (tertiary/aromatic N) is 4. The van der Waals surface area contributed by atoms with Crippen molar-refractivity contribution >= 4 is 38.9 Å². The molecule has 2 aromatic rings. The molecule has 1 N–H and O–H groups in total. The number of hydrogen-bond donors (Lipinski definition) is 1. The number of halogens is 1. The molecular formula is C22H30ClN5O3S. The first kappa shape index (κ1) is 24.4. The summed E-state index contributed by atoms with van der Waals surface area (Å²) in [5.41, 5.74) is 1.60. The third-order valence-corrected chi connectivity index (χ3v) is 7.98. The van der Waals surface area contributed by atoms with Crippen LogP contribution in [0.3, 0.4) is 0 Å². The first-order valence-electron chi connectivity index (χ1n) is 10.8. The van der Waals surface area contributed by atoms with Crippen molar-refractivity contribution in [2.45, 2.75) is 25.7 Å². The second kappa shape index (κ2) is 10.6. The summed E-state index contributed by atoms with van der Waals surface area (Å²) >= 11 is 5.83. The summed E-state index contributed by atoms with van der Waals surface area (Å²) in [6.07, 6.45) is 1.40. The summed E-state index contributed by atoms with van der Waals surface area (Å²) in [5.74, 6) is -0.375. The van der Waals surface area contributed by atoms with Crippen LogP contribution in [0.15, 0.2) is 41.4 Å². The lowest BCUT2D eigenvalue weighted by atomic mass is 10.2. The number of aromatic nitrogens is 1. The molecule has 1 saturated heterocycles. The average molecular weight is 480 g/mol. The summed E-state index contributed by atoms with van der Waals surface area (Å²) in [7, 11) is -3.66. The van der Waals surface area contributed by atoms with Gasteiger partial charge in [-0.2, -0.15) is 4.31 Å². The fraction of sp³-hybridized carbons (Fsp3) is 0.455. The summed E-state index contributed by atoms with van der Waals surface area (Å²) in [4.78, 5) is 21.5. The van der Waals surface area contributed by atoms with Gasteiger partial charge in [-0.25, -0.2) is 13.4 Å². The summed E-state index contributed by atoms with van der Waals surface area (Å²) < 4.78 is 27.6. The standard InChI is InChI=1S/C22H30ClN5O3S/c1-4-26-11-13-27(14-12-26)20-9-8-18(32(30,31)28(5-2)6-3)15-19(20)25-22(29)17-7-10-21(23)24-16-17/h7-10,15-16H,4-6,11-14H2,1-3H3,(H,25,29). The van der Waals surface area contributed by atoms with Gasteiger partial charge in [0.05, 0.1) is 21.8 Å². The highest BCUT2D eigenvalue weighted by molar-refractivity contribution is 7.89. The third-order valence-electron chi connectivity index (χ3n) is 5.71. The van der Waals surface area contributed by atoms with E-state index in [0.717, 1.165) is 38.4 Å². The Balaban J connectivity index is 1.97. The second-order valence-corrected chi connectivity index (χ2v) is 9.84. The molecule has 3 rings (SSSR count). The van der Waals surface area contributed by atoms with Gasteiger partial charge in [-0.05, 0) is 36.9 Å². The maximum atomic E-state index is 13.1. The van der Waals surface area contributed by atoms with E-state index < -0.39 is 10.0 Å². The van der Waals surface area contributed by atoms with Crippen LogP contribution in [0, 0.1) is 0 Å². The molecule has 1 aromatic carbocycles. The number of rotatable bonds is 8. The van der Waals surface area contributed by atoms with E-state index in [1.165, 1.54) is 10.5 Å². The van der Waals surface area contributed by atoms with Crippen LogP contribution in [0.2, 0.25) is 5.15 Å². The van der Waals surface area contributed by atoms with Crippen molar-refractivity contribution in [3.8, 4) is 0 Å². The number of sulfonamides is 1. The third kappa shape index (κ3) is 5.40. The average Bonchev–Trinajstić information content (AvgIpc) is 2.80. The van der Waals surface area contributed by atoms with Crippen molar-refractivity contribution in [3.63, 3.8) is 0 Å². The first-order chi connectivity index (χ1) is 15.3. The number of carbonyl (C=O) groups is 1. The summed E-state index contributed by atoms with van der Waals surface area (Å²) in [6.45, 7) is 10.9. The Morgan fingerprint density at radius 3 is 2.34 bits per heavy atom. The van der Waals surface area contributed by atoms with E-state index >= 15 is 0 Å². The van der Waals surface area contributed by atoms with Crippen molar-refractivity contribution < 1.29 is 13.2 Å². The highest BCUT2D eigenvalue weighted by Gasteiger charge is 2.25. The molecule has 1 aliphatic rings. The zero-order valence-corrected chi connectivity index (χ0v) is 20.3. The SMILES string of the molecule is CCN1CCN(c2ccc(S(=O)(=O)N(CC)CC)cc2NC(=O)c2ccc(Cl)nc2)CC1. The minimum Gasteiger partial charge on any atom is -0.367 e. The number of hydrogen-bond acceptors (Lipinski definition) is 6. The number of pyridine rings is 1. The van der Waals surface area contributed by atoms with Gasteiger partial charge in [-0.3, -0.25) is 4.79 Å². The zero-order valence-electron chi connectivity index (χ0n) is 18.7. The monoisotopic (exact) mass is 479 g/mol. The molecule has 0 bridgehead atoms. The van der Waals surface area contributed by atoms with Gasteiger partial charge in [0.25, 0.3) is 5.91 Å². The van der Waals surface area contributed by atoms with Crippen molar-refractivity contribution in [2.75, 3.05) is 56.0 Å². The molecule has 1 aromatic heterocycles. The van der Waals surface area contributed by atoms with Crippen molar-refractivity contribution in [2.24, 2.45) is 0 Å². The van der Waals surface area contributed by atoms with Gasteiger partial charge >= 0.3 is 0 Å². The van der Waals surface area contributed by atoms with Crippen molar-refractivity contribution in [1.82, 2.24) is 14.2 Å². The molecule has 0 radical (unpaired) electrons. The molecule has 1 aliphatic heterocycles. The molecule has 0 aliphatic carbocycles. The topological polar surface area (TPSA) is 85.9 Å². The van der Waals surface area contributed by atoms with E-state index in [4.69, 9.17) is 11.6 Å². The quantitative estimate of drug-likeness (QED) is 0.585. The van der Waals surface area contributed by atoms with E-state index in [1.807, 2.05) is 0 Å². The van der Waals surface area contributed by atoms with Gasteiger partial charge in [-0.1, -0.05) is 32.4 Å². The number of amides is 1. The minimum absolute atomic E-state index is 0.154. The summed E-state index contributed by atoms with van der Waals surface area (Å²) in [6, 6.07) is 8.09. The maximum absolute atomic E-state index is 13.1. The Kier molecular flexibility index (Phi) is 8.10. The van der Waals surface area contributed by atoms with Crippen LogP contribution < -0.4 is 10.2 Å². The van der Waals surface area contributed by atoms with Crippen LogP contribution in [0.25, 0.3) is 0 Å². The van der Waals surface area contributed by atoms with E-state index in [0.29, 0.717) is 29.5 Å². The van der Waals surface area contributed by atoms with Crippen molar-refractivity contribution in [1.29, 1.82) is 0 Å². The fourth-order valence-electron chi connectivity index (χ4n) is 3.77. The van der Waals surface area contributed by atoms with Crippen LogP contribution in [0.4, 0.5) is 11.4 Å². The smallest absolute Gasteiger partial charge is 0.257 e. The van der Waals surface area contributed by atoms with Gasteiger partial charge in [0.1, 0.15) is 5.15 Å². The van der Waals surface area contributed by atoms with Crippen molar-refractivity contribution in [3.05, 3.63) is 47.2 Å². The maximum Gasteiger partial charge on any atom is 0.257 e. The molecule has 32 heavy (non-hydrogen) atoms. The number of benzene rings is 1. The number of likely N-dealkylation sites (N-methyl/N-ethyl adjacent to an activating group) is 1. The van der Waals surface area contributed by atoms with E-state index in [-0.39, 0.29) is 10.8 Å². The van der Waals surface area contributed by atoms with Gasteiger partial charge in [-0.15, -0.1) is 0 Å². The molecule has 10 heteroatoms. The van der Waals surface area contributed by atoms with Gasteiger partial charge in [0.2, 0.25) is 10.0 Å². The Labute approximate surface area is 195 Å². The van der Waals surface area contributed by atoms with Crippen LogP contribution in [0.5, 0.6) is 0 Å². The largest absolute Gasteiger partial charge is 0.367 e. The molecule has 1 fully saturated rings. The number of carbonyl (C=O) groups excluding carboxylic acids is 1. The van der Waals surface area contributed by atoms with E-state index in [9.17, 15) is 13.2 Å². The Hall–Kier alpha value is -2.20. The molecule has 0 saturated carbocycles. The minimum atomic E-state index is -3.66. The second-order valence-electron chi connectivity index (χ2n) is 7.51. The van der Waals surface area contributed by atoms with Gasteiger partial charge in [0, 0.05) is 45.5 Å². The lowest BCUT2D eigenvalue weighted by Crippen LogP contribution is -2.46. The fourth-order valence-corrected chi connectivity index (χ4v) is 5.37.